The Labute approximate surface area is 212 Å². The summed E-state index contributed by atoms with van der Waals surface area (Å²) in [4.78, 5) is 19.9. The highest BCUT2D eigenvalue weighted by atomic mass is 16.5. The number of amides is 1. The Bertz CT molecular complexity index is 1220. The van der Waals surface area contributed by atoms with Crippen LogP contribution in [0.3, 0.4) is 0 Å². The summed E-state index contributed by atoms with van der Waals surface area (Å²) >= 11 is 0. The third-order valence-corrected chi connectivity index (χ3v) is 7.08. The smallest absolute Gasteiger partial charge is 0.251 e. The van der Waals surface area contributed by atoms with E-state index in [1.807, 2.05) is 42.5 Å². The minimum atomic E-state index is -0.187. The molecule has 7 nitrogen and oxygen atoms in total. The average molecular weight is 484 g/mol. The molecule has 1 saturated carbocycles. The van der Waals surface area contributed by atoms with Crippen LogP contribution >= 0.6 is 0 Å². The summed E-state index contributed by atoms with van der Waals surface area (Å²) in [5, 5.41) is 11.9. The number of carbonyl (C=O) groups excluding carboxylic acids is 1. The van der Waals surface area contributed by atoms with E-state index in [9.17, 15) is 4.79 Å². The van der Waals surface area contributed by atoms with Crippen molar-refractivity contribution in [1.29, 1.82) is 5.41 Å². The molecule has 4 N–H and O–H groups in total. The van der Waals surface area contributed by atoms with E-state index in [1.54, 1.807) is 24.4 Å². The van der Waals surface area contributed by atoms with Crippen molar-refractivity contribution in [1.82, 2.24) is 15.2 Å². The molecule has 3 aromatic rings. The van der Waals surface area contributed by atoms with Crippen molar-refractivity contribution >= 4 is 17.3 Å². The topological polar surface area (TPSA) is 104 Å². The molecule has 1 aliphatic heterocycles. The first-order chi connectivity index (χ1) is 17.5. The Morgan fingerprint density at radius 3 is 2.44 bits per heavy atom. The van der Waals surface area contributed by atoms with Crippen molar-refractivity contribution < 1.29 is 9.53 Å². The van der Waals surface area contributed by atoms with Crippen LogP contribution < -0.4 is 15.8 Å². The number of hydrogen-bond acceptors (Lipinski definition) is 6. The van der Waals surface area contributed by atoms with Crippen LogP contribution in [0.25, 0.3) is 0 Å². The second-order valence-electron chi connectivity index (χ2n) is 9.87. The van der Waals surface area contributed by atoms with Crippen molar-refractivity contribution in [2.75, 3.05) is 25.9 Å². The van der Waals surface area contributed by atoms with Crippen molar-refractivity contribution in [3.63, 3.8) is 0 Å². The number of piperidine rings is 1. The number of pyridine rings is 1. The summed E-state index contributed by atoms with van der Waals surface area (Å²) < 4.78 is 6.14. The molecule has 2 heterocycles. The van der Waals surface area contributed by atoms with Gasteiger partial charge in [-0.05, 0) is 93.2 Å². The molecule has 36 heavy (non-hydrogen) atoms. The Kier molecular flexibility index (Phi) is 7.00. The number of carbonyl (C=O) groups is 1. The van der Waals surface area contributed by atoms with E-state index < -0.39 is 0 Å². The molecule has 5 rings (SSSR count). The van der Waals surface area contributed by atoms with Crippen molar-refractivity contribution in [2.24, 2.45) is 5.92 Å². The van der Waals surface area contributed by atoms with E-state index in [0.717, 1.165) is 55.8 Å². The zero-order valence-electron chi connectivity index (χ0n) is 20.6. The van der Waals surface area contributed by atoms with E-state index in [1.165, 1.54) is 0 Å². The number of likely N-dealkylation sites (tertiary alicyclic amines) is 1. The van der Waals surface area contributed by atoms with Gasteiger partial charge in [0.2, 0.25) is 0 Å². The first-order valence-corrected chi connectivity index (χ1v) is 12.6. The summed E-state index contributed by atoms with van der Waals surface area (Å²) in [5.74, 6) is 1.03. The van der Waals surface area contributed by atoms with Gasteiger partial charge in [-0.15, -0.1) is 0 Å². The molecular weight excluding hydrogens is 450 g/mol. The van der Waals surface area contributed by atoms with Gasteiger partial charge in [0.15, 0.2) is 0 Å². The second kappa shape index (κ2) is 10.5. The largest absolute Gasteiger partial charge is 0.490 e. The first-order valence-electron chi connectivity index (χ1n) is 12.6. The van der Waals surface area contributed by atoms with Crippen LogP contribution in [0.5, 0.6) is 5.75 Å². The first kappa shape index (κ1) is 24.0. The lowest BCUT2D eigenvalue weighted by Crippen LogP contribution is -2.35. The van der Waals surface area contributed by atoms with Gasteiger partial charge < -0.3 is 20.7 Å². The quantitative estimate of drug-likeness (QED) is 0.325. The number of nitrogens with zero attached hydrogens (tertiary/aromatic N) is 2. The average Bonchev–Trinajstić information content (AvgIpc) is 3.75. The lowest BCUT2D eigenvalue weighted by atomic mass is 9.98. The van der Waals surface area contributed by atoms with E-state index in [-0.39, 0.29) is 23.8 Å². The maximum Gasteiger partial charge on any atom is 0.251 e. The second-order valence-corrected chi connectivity index (χ2v) is 9.87. The number of benzene rings is 2. The number of nitrogens with two attached hydrogens (primary N) is 1. The molecule has 2 aliphatic rings. The molecule has 186 valence electrons. The lowest BCUT2D eigenvalue weighted by molar-refractivity contribution is 0.0930. The fourth-order valence-electron chi connectivity index (χ4n) is 4.71. The summed E-state index contributed by atoms with van der Waals surface area (Å²) in [6.45, 7) is 2.08. The van der Waals surface area contributed by atoms with Crippen LogP contribution in [-0.2, 0) is 0 Å². The van der Waals surface area contributed by atoms with E-state index in [4.69, 9.17) is 15.9 Å². The van der Waals surface area contributed by atoms with E-state index in [2.05, 4.69) is 22.2 Å². The maximum absolute atomic E-state index is 13.2. The molecule has 1 saturated heterocycles. The van der Waals surface area contributed by atoms with Gasteiger partial charge in [-0.2, -0.15) is 0 Å². The van der Waals surface area contributed by atoms with Crippen LogP contribution in [0.2, 0.25) is 0 Å². The van der Waals surface area contributed by atoms with Crippen molar-refractivity contribution in [2.45, 2.75) is 37.8 Å². The van der Waals surface area contributed by atoms with Crippen LogP contribution in [0.15, 0.2) is 66.9 Å². The number of nitrogens with one attached hydrogen (secondary N) is 2. The number of aromatic nitrogens is 1. The predicted molar refractivity (Wildman–Crippen MR) is 142 cm³/mol. The van der Waals surface area contributed by atoms with Crippen LogP contribution in [0, 0.1) is 11.3 Å². The fourth-order valence-corrected chi connectivity index (χ4v) is 4.71. The molecule has 1 amide bonds. The monoisotopic (exact) mass is 483 g/mol. The van der Waals surface area contributed by atoms with Gasteiger partial charge in [0, 0.05) is 41.7 Å². The van der Waals surface area contributed by atoms with Gasteiger partial charge in [-0.1, -0.05) is 6.07 Å². The Hall–Kier alpha value is -3.71. The van der Waals surface area contributed by atoms with Gasteiger partial charge >= 0.3 is 0 Å². The Morgan fingerprint density at radius 2 is 1.78 bits per heavy atom. The van der Waals surface area contributed by atoms with Gasteiger partial charge in [-0.3, -0.25) is 15.2 Å². The number of hydrogen-bond donors (Lipinski definition) is 3. The predicted octanol–water partition coefficient (Wildman–Crippen LogP) is 4.43. The summed E-state index contributed by atoms with van der Waals surface area (Å²) in [5.41, 5.74) is 9.58. The lowest BCUT2D eigenvalue weighted by Gasteiger charge is -2.29. The zero-order chi connectivity index (χ0) is 25.1. The molecule has 1 aromatic heterocycles. The minimum Gasteiger partial charge on any atom is -0.490 e. The molecule has 1 unspecified atom stereocenters. The molecule has 7 heteroatoms. The molecule has 0 bridgehead atoms. The number of ether oxygens (including phenoxy) is 1. The fraction of sp³-hybridized carbons (Fsp3) is 0.345. The number of rotatable bonds is 8. The standard InChI is InChI=1S/C29H33N5O2/c1-34-16-13-23(14-17-34)36-22-10-7-19(8-11-22)27(31)24-18-21(9-12-25(24)30)29(35)33-28(20-5-6-20)26-4-2-3-15-32-26/h2-4,7-12,15,18,20,23,28,31H,5-6,13-14,16-17,30H2,1H3,(H,33,35). The highest BCUT2D eigenvalue weighted by molar-refractivity contribution is 6.14. The third kappa shape index (κ3) is 5.57. The SMILES string of the molecule is CN1CCC(Oc2ccc(C(=N)c3cc(C(=O)NC(c4ccccn4)C4CC4)ccc3N)cc2)CC1. The summed E-state index contributed by atoms with van der Waals surface area (Å²) in [6, 6.07) is 18.3. The Balaban J connectivity index is 1.28. The van der Waals surface area contributed by atoms with Gasteiger partial charge in [-0.25, -0.2) is 0 Å². The molecule has 2 aromatic carbocycles. The Morgan fingerprint density at radius 1 is 1.06 bits per heavy atom. The minimum absolute atomic E-state index is 0.115. The molecule has 1 atom stereocenters. The zero-order valence-corrected chi connectivity index (χ0v) is 20.6. The third-order valence-electron chi connectivity index (χ3n) is 7.08. The van der Waals surface area contributed by atoms with Gasteiger partial charge in [0.1, 0.15) is 11.9 Å². The van der Waals surface area contributed by atoms with Crippen LogP contribution in [0.4, 0.5) is 5.69 Å². The highest BCUT2D eigenvalue weighted by Crippen LogP contribution is 2.40. The maximum atomic E-state index is 13.2. The van der Waals surface area contributed by atoms with Gasteiger partial charge in [0.25, 0.3) is 5.91 Å². The number of nitrogen functional groups attached to an aromatic ring is 1. The van der Waals surface area contributed by atoms with E-state index in [0.29, 0.717) is 22.7 Å². The van der Waals surface area contributed by atoms with Crippen LogP contribution in [-0.4, -0.2) is 47.7 Å². The molecule has 2 fully saturated rings. The van der Waals surface area contributed by atoms with Gasteiger partial charge in [0.05, 0.1) is 17.4 Å². The highest BCUT2D eigenvalue weighted by Gasteiger charge is 2.34. The molecule has 1 aliphatic carbocycles. The van der Waals surface area contributed by atoms with Crippen molar-refractivity contribution in [3.8, 4) is 5.75 Å². The summed E-state index contributed by atoms with van der Waals surface area (Å²) in [7, 11) is 2.13. The molecule has 0 spiro atoms. The van der Waals surface area contributed by atoms with Crippen molar-refractivity contribution in [3.05, 3.63) is 89.2 Å². The normalized spacial score (nSPS) is 17.4. The van der Waals surface area contributed by atoms with Crippen LogP contribution in [0.1, 0.15) is 58.9 Å². The summed E-state index contributed by atoms with van der Waals surface area (Å²) in [6.07, 6.45) is 6.17. The van der Waals surface area contributed by atoms with E-state index >= 15 is 0 Å². The molecular formula is C29H33N5O2. The number of anilines is 1. The molecule has 0 radical (unpaired) electrons.